The van der Waals surface area contributed by atoms with Crippen LogP contribution in [0.4, 0.5) is 4.79 Å². The Morgan fingerprint density at radius 1 is 1.35 bits per heavy atom. The summed E-state index contributed by atoms with van der Waals surface area (Å²) in [7, 11) is 0. The molecule has 1 fully saturated rings. The van der Waals surface area contributed by atoms with Crippen molar-refractivity contribution in [2.24, 2.45) is 17.8 Å². The van der Waals surface area contributed by atoms with Gasteiger partial charge in [0.25, 0.3) is 0 Å². The third-order valence-electron chi connectivity index (χ3n) is 3.36. The fourth-order valence-electron chi connectivity index (χ4n) is 2.69. The molecule has 2 aliphatic rings. The highest BCUT2D eigenvalue weighted by Gasteiger charge is 2.45. The lowest BCUT2D eigenvalue weighted by Crippen LogP contribution is -2.45. The average molecular weight is 237 g/mol. The van der Waals surface area contributed by atoms with Gasteiger partial charge in [0.1, 0.15) is 11.9 Å². The molecule has 0 heterocycles. The van der Waals surface area contributed by atoms with E-state index in [9.17, 15) is 9.59 Å². The Morgan fingerprint density at radius 2 is 2.00 bits per heavy atom. The van der Waals surface area contributed by atoms with Crippen molar-refractivity contribution in [3.8, 4) is 0 Å². The molecule has 4 nitrogen and oxygen atoms in total. The third-order valence-corrected chi connectivity index (χ3v) is 3.36. The minimum atomic E-state index is -0.506. The van der Waals surface area contributed by atoms with Gasteiger partial charge in [-0.3, -0.25) is 0 Å². The third kappa shape index (κ3) is 2.51. The van der Waals surface area contributed by atoms with Crippen molar-refractivity contribution < 1.29 is 14.3 Å². The highest BCUT2D eigenvalue weighted by Crippen LogP contribution is 2.42. The first-order valence-corrected chi connectivity index (χ1v) is 6.04. The van der Waals surface area contributed by atoms with Gasteiger partial charge in [-0.25, -0.2) is 4.79 Å². The molecule has 94 valence electrons. The van der Waals surface area contributed by atoms with Gasteiger partial charge in [-0.2, -0.15) is 0 Å². The number of rotatable bonds is 2. The Morgan fingerprint density at radius 3 is 2.59 bits per heavy atom. The van der Waals surface area contributed by atoms with Crippen LogP contribution in [0.3, 0.4) is 0 Å². The van der Waals surface area contributed by atoms with Crippen molar-refractivity contribution in [1.82, 2.24) is 5.32 Å². The number of carbonyl (C=O) groups is 2. The van der Waals surface area contributed by atoms with Crippen molar-refractivity contribution >= 4 is 12.4 Å². The second-order valence-electron chi connectivity index (χ2n) is 5.83. The van der Waals surface area contributed by atoms with E-state index in [1.165, 1.54) is 0 Å². The number of alkyl carbamates (subject to hydrolysis) is 1. The molecule has 4 heteroatoms. The van der Waals surface area contributed by atoms with E-state index in [0.29, 0.717) is 0 Å². The zero-order chi connectivity index (χ0) is 12.6. The predicted molar refractivity (Wildman–Crippen MR) is 63.4 cm³/mol. The van der Waals surface area contributed by atoms with Crippen LogP contribution < -0.4 is 5.32 Å². The van der Waals surface area contributed by atoms with Crippen LogP contribution in [0.5, 0.6) is 0 Å². The molecule has 0 aromatic heterocycles. The molecule has 0 aromatic rings. The maximum absolute atomic E-state index is 11.7. The molecule has 2 bridgehead atoms. The van der Waals surface area contributed by atoms with E-state index in [1.807, 2.05) is 20.8 Å². The number of hydrogen-bond donors (Lipinski definition) is 1. The predicted octanol–water partition coefficient (Wildman–Crippen LogP) is 1.90. The van der Waals surface area contributed by atoms with E-state index in [0.717, 1.165) is 12.7 Å². The fourth-order valence-corrected chi connectivity index (χ4v) is 2.69. The normalized spacial score (nSPS) is 34.8. The number of hydrogen-bond acceptors (Lipinski definition) is 3. The van der Waals surface area contributed by atoms with E-state index in [-0.39, 0.29) is 23.8 Å². The molecular weight excluding hydrogens is 218 g/mol. The molecule has 0 aliphatic heterocycles. The molecule has 1 saturated carbocycles. The highest BCUT2D eigenvalue weighted by molar-refractivity contribution is 5.70. The molecule has 2 rings (SSSR count). The lowest BCUT2D eigenvalue weighted by molar-refractivity contribution is -0.112. The quantitative estimate of drug-likeness (QED) is 0.589. The lowest BCUT2D eigenvalue weighted by atomic mass is 9.90. The summed E-state index contributed by atoms with van der Waals surface area (Å²) in [6, 6.07) is -0.0997. The van der Waals surface area contributed by atoms with Crippen LogP contribution in [0.25, 0.3) is 0 Å². The molecule has 0 spiro atoms. The zero-order valence-electron chi connectivity index (χ0n) is 10.5. The first kappa shape index (κ1) is 12.1. The largest absolute Gasteiger partial charge is 0.444 e. The molecule has 0 aromatic carbocycles. The summed E-state index contributed by atoms with van der Waals surface area (Å²) in [4.78, 5) is 22.7. The van der Waals surface area contributed by atoms with Gasteiger partial charge in [0.05, 0.1) is 0 Å². The molecule has 0 radical (unpaired) electrons. The maximum Gasteiger partial charge on any atom is 0.407 e. The summed E-state index contributed by atoms with van der Waals surface area (Å²) in [6.07, 6.45) is 5.65. The van der Waals surface area contributed by atoms with Gasteiger partial charge in [-0.1, -0.05) is 12.2 Å². The SMILES string of the molecule is CC(C)(C)OC(=O)N[C@@H]1[C@H](C=O)[C@H]2C=C[C@@H]1C2. The van der Waals surface area contributed by atoms with E-state index in [1.54, 1.807) is 0 Å². The number of aldehydes is 1. The van der Waals surface area contributed by atoms with E-state index in [4.69, 9.17) is 4.74 Å². The monoisotopic (exact) mass is 237 g/mol. The number of fused-ring (bicyclic) bond motifs is 2. The van der Waals surface area contributed by atoms with Gasteiger partial charge in [0.2, 0.25) is 0 Å². The van der Waals surface area contributed by atoms with Crippen LogP contribution in [0.2, 0.25) is 0 Å². The van der Waals surface area contributed by atoms with E-state index >= 15 is 0 Å². The van der Waals surface area contributed by atoms with Crippen LogP contribution >= 0.6 is 0 Å². The minimum Gasteiger partial charge on any atom is -0.444 e. The lowest BCUT2D eigenvalue weighted by Gasteiger charge is -2.27. The van der Waals surface area contributed by atoms with Crippen LogP contribution in [0, 0.1) is 17.8 Å². The van der Waals surface area contributed by atoms with Crippen LogP contribution in [-0.2, 0) is 9.53 Å². The van der Waals surface area contributed by atoms with Crippen molar-refractivity contribution in [3.63, 3.8) is 0 Å². The number of nitrogens with one attached hydrogen (secondary N) is 1. The number of amides is 1. The molecule has 4 atom stereocenters. The van der Waals surface area contributed by atoms with Crippen LogP contribution in [-0.4, -0.2) is 24.0 Å². The highest BCUT2D eigenvalue weighted by atomic mass is 16.6. The molecule has 0 unspecified atom stereocenters. The summed E-state index contributed by atoms with van der Waals surface area (Å²) < 4.78 is 5.21. The Balaban J connectivity index is 1.97. The van der Waals surface area contributed by atoms with Gasteiger partial charge in [0, 0.05) is 12.0 Å². The topological polar surface area (TPSA) is 55.4 Å². The Bertz CT molecular complexity index is 356. The second kappa shape index (κ2) is 4.17. The van der Waals surface area contributed by atoms with Gasteiger partial charge in [0.15, 0.2) is 0 Å². The average Bonchev–Trinajstić information content (AvgIpc) is 2.74. The summed E-state index contributed by atoms with van der Waals surface area (Å²) in [6.45, 7) is 5.47. The molecule has 2 aliphatic carbocycles. The standard InChI is InChI=1S/C13H19NO3/c1-13(2,3)17-12(16)14-11-9-5-4-8(6-9)10(11)7-15/h4-5,7-11H,6H2,1-3H3,(H,14,16)/t8-,9+,10+,11-/m0/s1. The van der Waals surface area contributed by atoms with Crippen molar-refractivity contribution in [2.45, 2.75) is 38.8 Å². The van der Waals surface area contributed by atoms with Crippen molar-refractivity contribution in [3.05, 3.63) is 12.2 Å². The molecule has 17 heavy (non-hydrogen) atoms. The van der Waals surface area contributed by atoms with Crippen molar-refractivity contribution in [1.29, 1.82) is 0 Å². The Kier molecular flexibility index (Phi) is 2.98. The summed E-state index contributed by atoms with van der Waals surface area (Å²) >= 11 is 0. The summed E-state index contributed by atoms with van der Waals surface area (Å²) in [5.41, 5.74) is -0.506. The first-order chi connectivity index (χ1) is 7.90. The fraction of sp³-hybridized carbons (Fsp3) is 0.692. The van der Waals surface area contributed by atoms with Gasteiger partial charge in [-0.15, -0.1) is 0 Å². The summed E-state index contributed by atoms with van der Waals surface area (Å²) in [5, 5.41) is 2.82. The maximum atomic E-state index is 11.7. The number of ether oxygens (including phenoxy) is 1. The number of carbonyl (C=O) groups excluding carboxylic acids is 2. The van der Waals surface area contributed by atoms with E-state index < -0.39 is 11.7 Å². The molecule has 1 N–H and O–H groups in total. The zero-order valence-corrected chi connectivity index (χ0v) is 10.5. The van der Waals surface area contributed by atoms with E-state index in [2.05, 4.69) is 17.5 Å². The number of allylic oxidation sites excluding steroid dienone is 1. The van der Waals surface area contributed by atoms with Gasteiger partial charge in [-0.05, 0) is 39.0 Å². The van der Waals surface area contributed by atoms with Gasteiger partial charge >= 0.3 is 6.09 Å². The molecule has 1 amide bonds. The van der Waals surface area contributed by atoms with Crippen molar-refractivity contribution in [2.75, 3.05) is 0 Å². The second-order valence-corrected chi connectivity index (χ2v) is 5.83. The Hall–Kier alpha value is -1.32. The summed E-state index contributed by atoms with van der Waals surface area (Å²) in [5.74, 6) is 0.470. The van der Waals surface area contributed by atoms with Crippen LogP contribution in [0.1, 0.15) is 27.2 Å². The minimum absolute atomic E-state index is 0.0995. The first-order valence-electron chi connectivity index (χ1n) is 6.04. The Labute approximate surface area is 101 Å². The van der Waals surface area contributed by atoms with Crippen LogP contribution in [0.15, 0.2) is 12.2 Å². The molecule has 0 saturated heterocycles. The molecular formula is C13H19NO3. The van der Waals surface area contributed by atoms with Gasteiger partial charge < -0.3 is 14.8 Å². The smallest absolute Gasteiger partial charge is 0.407 e.